The summed E-state index contributed by atoms with van der Waals surface area (Å²) in [7, 11) is 0. The van der Waals surface area contributed by atoms with E-state index in [2.05, 4.69) is 29.6 Å². The van der Waals surface area contributed by atoms with Crippen LogP contribution in [0.5, 0.6) is 0 Å². The van der Waals surface area contributed by atoms with Gasteiger partial charge in [0.15, 0.2) is 0 Å². The maximum Gasteiger partial charge on any atom is 0.407 e. The molecule has 0 spiro atoms. The molecule has 2 aliphatic rings. The van der Waals surface area contributed by atoms with Gasteiger partial charge >= 0.3 is 12.1 Å². The molecule has 7 heteroatoms. The van der Waals surface area contributed by atoms with Crippen LogP contribution in [0.4, 0.5) is 4.79 Å². The lowest BCUT2D eigenvalue weighted by Crippen LogP contribution is -2.40. The molecule has 174 valence electrons. The molecule has 1 fully saturated rings. The molecule has 1 aliphatic heterocycles. The van der Waals surface area contributed by atoms with Crippen LogP contribution in [0.2, 0.25) is 0 Å². The molecule has 1 saturated heterocycles. The van der Waals surface area contributed by atoms with Crippen molar-refractivity contribution in [1.29, 1.82) is 0 Å². The van der Waals surface area contributed by atoms with Crippen molar-refractivity contribution >= 4 is 18.0 Å². The first-order chi connectivity index (χ1) is 16.0. The SMILES string of the molecule is CC(CCC(=O)N1CCCC1C(=O)O)CNC(=O)OCC1c2ccccc2-c2ccccc21. The van der Waals surface area contributed by atoms with Crippen molar-refractivity contribution in [2.75, 3.05) is 19.7 Å². The number of nitrogens with zero attached hydrogens (tertiary/aromatic N) is 1. The highest BCUT2D eigenvalue weighted by Crippen LogP contribution is 2.44. The Bertz CT molecular complexity index is 991. The van der Waals surface area contributed by atoms with E-state index in [0.29, 0.717) is 25.9 Å². The Hall–Kier alpha value is -3.35. The van der Waals surface area contributed by atoms with Crippen LogP contribution in [0.3, 0.4) is 0 Å². The predicted octanol–water partition coefficient (Wildman–Crippen LogP) is 4.02. The number of ether oxygens (including phenoxy) is 1. The number of alkyl carbamates (subject to hydrolysis) is 1. The monoisotopic (exact) mass is 450 g/mol. The van der Waals surface area contributed by atoms with Gasteiger partial charge in [-0.25, -0.2) is 9.59 Å². The fourth-order valence-corrected chi connectivity index (χ4v) is 4.84. The predicted molar refractivity (Wildman–Crippen MR) is 124 cm³/mol. The van der Waals surface area contributed by atoms with Gasteiger partial charge in [0.05, 0.1) is 0 Å². The lowest BCUT2D eigenvalue weighted by molar-refractivity contribution is -0.148. The van der Waals surface area contributed by atoms with Crippen molar-refractivity contribution in [2.24, 2.45) is 5.92 Å². The van der Waals surface area contributed by atoms with Gasteiger partial charge in [0, 0.05) is 25.4 Å². The third-order valence-corrected chi connectivity index (χ3v) is 6.65. The lowest BCUT2D eigenvalue weighted by Gasteiger charge is -2.22. The Kier molecular flexibility index (Phi) is 6.96. The fraction of sp³-hybridized carbons (Fsp3) is 0.423. The zero-order valence-corrected chi connectivity index (χ0v) is 18.8. The molecule has 0 bridgehead atoms. The molecular weight excluding hydrogens is 420 g/mol. The molecule has 2 amide bonds. The van der Waals surface area contributed by atoms with E-state index in [0.717, 1.165) is 6.42 Å². The minimum Gasteiger partial charge on any atom is -0.480 e. The first-order valence-electron chi connectivity index (χ1n) is 11.6. The second-order valence-electron chi connectivity index (χ2n) is 8.93. The summed E-state index contributed by atoms with van der Waals surface area (Å²) in [6.45, 7) is 3.11. The van der Waals surface area contributed by atoms with Gasteiger partial charge in [-0.2, -0.15) is 0 Å². The minimum absolute atomic E-state index is 0.0147. The smallest absolute Gasteiger partial charge is 0.407 e. The molecule has 7 nitrogen and oxygen atoms in total. The molecule has 33 heavy (non-hydrogen) atoms. The second kappa shape index (κ2) is 10.1. The van der Waals surface area contributed by atoms with Gasteiger partial charge in [-0.3, -0.25) is 4.79 Å². The zero-order chi connectivity index (χ0) is 23.4. The van der Waals surface area contributed by atoms with Crippen LogP contribution >= 0.6 is 0 Å². The topological polar surface area (TPSA) is 95.9 Å². The number of aliphatic carboxylic acids is 1. The van der Waals surface area contributed by atoms with Gasteiger partial charge in [-0.15, -0.1) is 0 Å². The van der Waals surface area contributed by atoms with Crippen LogP contribution in [0.1, 0.15) is 49.7 Å². The standard InChI is InChI=1S/C26H30N2O5/c1-17(12-13-24(29)28-14-6-11-23(28)25(30)31)15-27-26(32)33-16-22-20-9-4-2-7-18(20)19-8-3-5-10-21(19)22/h2-5,7-10,17,22-23H,6,11-16H2,1H3,(H,27,32)(H,30,31). The third kappa shape index (κ3) is 5.02. The molecule has 1 aliphatic carbocycles. The molecule has 1 heterocycles. The number of rotatable bonds is 8. The van der Waals surface area contributed by atoms with E-state index in [1.807, 2.05) is 31.2 Å². The summed E-state index contributed by atoms with van der Waals surface area (Å²) in [5.41, 5.74) is 4.70. The van der Waals surface area contributed by atoms with Gasteiger partial charge in [0.2, 0.25) is 5.91 Å². The van der Waals surface area contributed by atoms with Crippen molar-refractivity contribution in [3.05, 3.63) is 59.7 Å². The van der Waals surface area contributed by atoms with Crippen molar-refractivity contribution in [3.8, 4) is 11.1 Å². The number of carbonyl (C=O) groups excluding carboxylic acids is 2. The van der Waals surface area contributed by atoms with Gasteiger partial charge in [-0.1, -0.05) is 55.5 Å². The summed E-state index contributed by atoms with van der Waals surface area (Å²) in [6.07, 6.45) is 1.62. The van der Waals surface area contributed by atoms with Gasteiger partial charge < -0.3 is 20.1 Å². The number of hydrogen-bond acceptors (Lipinski definition) is 4. The molecule has 2 aromatic carbocycles. The van der Waals surface area contributed by atoms with Crippen LogP contribution in [0.25, 0.3) is 11.1 Å². The Morgan fingerprint density at radius 2 is 1.73 bits per heavy atom. The summed E-state index contributed by atoms with van der Waals surface area (Å²) >= 11 is 0. The average molecular weight is 451 g/mol. The van der Waals surface area contributed by atoms with Crippen molar-refractivity contribution < 1.29 is 24.2 Å². The Labute approximate surface area is 193 Å². The number of carboxylic acid groups (broad SMARTS) is 1. The number of amides is 2. The zero-order valence-electron chi connectivity index (χ0n) is 18.8. The third-order valence-electron chi connectivity index (χ3n) is 6.65. The first kappa shape index (κ1) is 22.8. The molecule has 2 atom stereocenters. The Balaban J connectivity index is 1.22. The Morgan fingerprint density at radius 3 is 2.36 bits per heavy atom. The normalized spacial score (nSPS) is 17.8. The average Bonchev–Trinajstić information content (AvgIpc) is 3.43. The van der Waals surface area contributed by atoms with Gasteiger partial charge in [-0.05, 0) is 47.4 Å². The number of hydrogen-bond donors (Lipinski definition) is 2. The number of likely N-dealkylation sites (tertiary alicyclic amines) is 1. The van der Waals surface area contributed by atoms with E-state index >= 15 is 0 Å². The molecule has 0 aromatic heterocycles. The molecule has 0 saturated carbocycles. The number of fused-ring (bicyclic) bond motifs is 3. The summed E-state index contributed by atoms with van der Waals surface area (Å²) in [5.74, 6) is -0.986. The van der Waals surface area contributed by atoms with Gasteiger partial charge in [0.1, 0.15) is 12.6 Å². The largest absolute Gasteiger partial charge is 0.480 e. The van der Waals surface area contributed by atoms with Gasteiger partial charge in [0.25, 0.3) is 0 Å². The summed E-state index contributed by atoms with van der Waals surface area (Å²) in [4.78, 5) is 37.5. The van der Waals surface area contributed by atoms with Crippen molar-refractivity contribution in [1.82, 2.24) is 10.2 Å². The highest BCUT2D eigenvalue weighted by atomic mass is 16.5. The van der Waals surface area contributed by atoms with E-state index in [4.69, 9.17) is 4.74 Å². The quantitative estimate of drug-likeness (QED) is 0.633. The van der Waals surface area contributed by atoms with Crippen LogP contribution in [0.15, 0.2) is 48.5 Å². The maximum absolute atomic E-state index is 12.4. The summed E-state index contributed by atoms with van der Waals surface area (Å²) < 4.78 is 5.55. The van der Waals surface area contributed by atoms with E-state index < -0.39 is 18.1 Å². The highest BCUT2D eigenvalue weighted by molar-refractivity contribution is 5.84. The molecule has 2 aromatic rings. The van der Waals surface area contributed by atoms with E-state index in [-0.39, 0.29) is 30.8 Å². The highest BCUT2D eigenvalue weighted by Gasteiger charge is 2.33. The molecule has 2 unspecified atom stereocenters. The first-order valence-corrected chi connectivity index (χ1v) is 11.6. The van der Waals surface area contributed by atoms with E-state index in [1.54, 1.807) is 0 Å². The number of carboxylic acids is 1. The van der Waals surface area contributed by atoms with Crippen LogP contribution in [0, 0.1) is 5.92 Å². The van der Waals surface area contributed by atoms with Crippen molar-refractivity contribution in [3.63, 3.8) is 0 Å². The van der Waals surface area contributed by atoms with E-state index in [1.165, 1.54) is 27.2 Å². The second-order valence-corrected chi connectivity index (χ2v) is 8.93. The molecule has 4 rings (SSSR count). The van der Waals surface area contributed by atoms with E-state index in [9.17, 15) is 19.5 Å². The van der Waals surface area contributed by atoms with Crippen LogP contribution < -0.4 is 5.32 Å². The fourth-order valence-electron chi connectivity index (χ4n) is 4.84. The summed E-state index contributed by atoms with van der Waals surface area (Å²) in [6, 6.07) is 15.7. The lowest BCUT2D eigenvalue weighted by atomic mass is 9.98. The van der Waals surface area contributed by atoms with Crippen LogP contribution in [-0.2, 0) is 14.3 Å². The number of carbonyl (C=O) groups is 3. The summed E-state index contributed by atoms with van der Waals surface area (Å²) in [5, 5.41) is 12.0. The maximum atomic E-state index is 12.4. The Morgan fingerprint density at radius 1 is 1.09 bits per heavy atom. The molecule has 2 N–H and O–H groups in total. The molecule has 0 radical (unpaired) electrons. The van der Waals surface area contributed by atoms with Crippen molar-refractivity contribution in [2.45, 2.75) is 44.6 Å². The molecular formula is C26H30N2O5. The van der Waals surface area contributed by atoms with Crippen LogP contribution in [-0.4, -0.2) is 53.7 Å². The number of benzene rings is 2. The minimum atomic E-state index is -0.939. The number of nitrogens with one attached hydrogen (secondary N) is 1.